The Hall–Kier alpha value is -2.29. The Morgan fingerprint density at radius 2 is 2.04 bits per heavy atom. The lowest BCUT2D eigenvalue weighted by atomic mass is 9.64. The van der Waals surface area contributed by atoms with E-state index in [9.17, 15) is 22.8 Å². The van der Waals surface area contributed by atoms with Crippen molar-refractivity contribution in [1.82, 2.24) is 10.6 Å². The molecule has 6 nitrogen and oxygen atoms in total. The average molecular weight is 386 g/mol. The van der Waals surface area contributed by atoms with Crippen molar-refractivity contribution < 1.29 is 32.2 Å². The Labute approximate surface area is 154 Å². The van der Waals surface area contributed by atoms with E-state index in [0.29, 0.717) is 6.61 Å². The van der Waals surface area contributed by atoms with Gasteiger partial charge in [-0.25, -0.2) is 4.39 Å². The molecule has 0 aromatic heterocycles. The Morgan fingerprint density at radius 1 is 1.30 bits per heavy atom. The summed E-state index contributed by atoms with van der Waals surface area (Å²) in [5, 5.41) is 4.86. The fourth-order valence-corrected chi connectivity index (χ4v) is 3.84. The van der Waals surface area contributed by atoms with Crippen LogP contribution >= 0.6 is 0 Å². The molecule has 0 bridgehead atoms. The summed E-state index contributed by atoms with van der Waals surface area (Å²) in [5.74, 6) is -3.00. The molecule has 1 saturated heterocycles. The van der Waals surface area contributed by atoms with Gasteiger partial charge in [0, 0.05) is 23.6 Å². The lowest BCUT2D eigenvalue weighted by Crippen LogP contribution is -2.54. The lowest BCUT2D eigenvalue weighted by molar-refractivity contribution is -0.140. The van der Waals surface area contributed by atoms with Gasteiger partial charge < -0.3 is 20.1 Å². The first-order valence-corrected chi connectivity index (χ1v) is 8.70. The number of ether oxygens (including phenoxy) is 2. The van der Waals surface area contributed by atoms with E-state index in [1.807, 2.05) is 6.92 Å². The fourth-order valence-electron chi connectivity index (χ4n) is 3.84. The van der Waals surface area contributed by atoms with Gasteiger partial charge in [0.1, 0.15) is 11.6 Å². The maximum absolute atomic E-state index is 13.8. The molecule has 0 radical (unpaired) electrons. The first-order valence-electron chi connectivity index (χ1n) is 8.70. The number of amides is 2. The highest BCUT2D eigenvalue weighted by atomic mass is 19.3. The zero-order valence-corrected chi connectivity index (χ0v) is 14.8. The number of carbonyl (C=O) groups excluding carboxylic acids is 2. The summed E-state index contributed by atoms with van der Waals surface area (Å²) in [4.78, 5) is 23.9. The number of halogens is 3. The average Bonchev–Trinajstić information content (AvgIpc) is 2.95. The van der Waals surface area contributed by atoms with Gasteiger partial charge in [0.05, 0.1) is 12.7 Å². The Kier molecular flexibility index (Phi) is 5.59. The molecule has 1 spiro atoms. The van der Waals surface area contributed by atoms with E-state index < -0.39 is 30.8 Å². The molecular formula is C18H21F3N2O4. The largest absolute Gasteiger partial charge is 0.434 e. The second-order valence-corrected chi connectivity index (χ2v) is 7.18. The highest BCUT2D eigenvalue weighted by Crippen LogP contribution is 2.49. The molecule has 1 unspecified atom stereocenters. The molecule has 2 fully saturated rings. The van der Waals surface area contributed by atoms with E-state index in [1.165, 1.54) is 6.07 Å². The molecule has 1 aromatic rings. The molecule has 1 atom stereocenters. The van der Waals surface area contributed by atoms with Crippen LogP contribution in [0.5, 0.6) is 5.75 Å². The quantitative estimate of drug-likeness (QED) is 0.760. The number of hydrogen-bond acceptors (Lipinski definition) is 4. The molecule has 1 saturated carbocycles. The highest BCUT2D eigenvalue weighted by Gasteiger charge is 2.49. The van der Waals surface area contributed by atoms with Crippen molar-refractivity contribution in [2.75, 3.05) is 6.61 Å². The van der Waals surface area contributed by atoms with Crippen molar-refractivity contribution >= 4 is 11.8 Å². The monoisotopic (exact) mass is 386 g/mol. The van der Waals surface area contributed by atoms with E-state index >= 15 is 0 Å². The number of carbonyl (C=O) groups is 2. The first-order chi connectivity index (χ1) is 12.8. The van der Waals surface area contributed by atoms with E-state index in [0.717, 1.165) is 31.4 Å². The van der Waals surface area contributed by atoms with Crippen LogP contribution in [-0.4, -0.2) is 37.2 Å². The van der Waals surface area contributed by atoms with E-state index in [1.54, 1.807) is 0 Å². The Balaban J connectivity index is 1.49. The molecule has 1 heterocycles. The summed E-state index contributed by atoms with van der Waals surface area (Å²) < 4.78 is 48.4. The van der Waals surface area contributed by atoms with Crippen LogP contribution in [0, 0.1) is 11.2 Å². The zero-order chi connectivity index (χ0) is 19.6. The van der Waals surface area contributed by atoms with Gasteiger partial charge in [-0.2, -0.15) is 8.78 Å². The molecule has 9 heteroatoms. The van der Waals surface area contributed by atoms with Crippen LogP contribution in [0.1, 0.15) is 31.7 Å². The summed E-state index contributed by atoms with van der Waals surface area (Å²) in [7, 11) is 0. The Morgan fingerprint density at radius 3 is 2.67 bits per heavy atom. The minimum absolute atomic E-state index is 0.0858. The van der Waals surface area contributed by atoms with Gasteiger partial charge >= 0.3 is 18.4 Å². The Bertz CT molecular complexity index is 723. The maximum atomic E-state index is 13.8. The predicted molar refractivity (Wildman–Crippen MR) is 88.5 cm³/mol. The third-order valence-corrected chi connectivity index (χ3v) is 5.01. The van der Waals surface area contributed by atoms with Gasteiger partial charge in [-0.05, 0) is 38.3 Å². The number of benzene rings is 1. The van der Waals surface area contributed by atoms with Crippen LogP contribution in [0.15, 0.2) is 18.2 Å². The van der Waals surface area contributed by atoms with Crippen LogP contribution in [-0.2, 0) is 20.9 Å². The molecule has 1 aliphatic carbocycles. The van der Waals surface area contributed by atoms with Crippen molar-refractivity contribution in [2.45, 2.75) is 51.5 Å². The van der Waals surface area contributed by atoms with Crippen molar-refractivity contribution in [3.8, 4) is 5.75 Å². The van der Waals surface area contributed by atoms with Gasteiger partial charge in [-0.15, -0.1) is 0 Å². The van der Waals surface area contributed by atoms with Crippen LogP contribution in [0.2, 0.25) is 0 Å². The number of rotatable bonds is 5. The maximum Gasteiger partial charge on any atom is 0.387 e. The summed E-state index contributed by atoms with van der Waals surface area (Å²) >= 11 is 0. The molecular weight excluding hydrogens is 365 g/mol. The number of nitrogens with one attached hydrogen (secondary N) is 2. The van der Waals surface area contributed by atoms with Crippen LogP contribution in [0.25, 0.3) is 0 Å². The minimum atomic E-state index is -3.13. The van der Waals surface area contributed by atoms with Crippen molar-refractivity contribution in [2.24, 2.45) is 5.41 Å². The molecule has 2 N–H and O–H groups in total. The van der Waals surface area contributed by atoms with E-state index in [2.05, 4.69) is 15.4 Å². The summed E-state index contributed by atoms with van der Waals surface area (Å²) in [6.07, 6.45) is 2.63. The molecule has 2 aliphatic rings. The van der Waals surface area contributed by atoms with Gasteiger partial charge in [0.2, 0.25) is 0 Å². The number of hydrogen-bond donors (Lipinski definition) is 2. The van der Waals surface area contributed by atoms with Crippen LogP contribution < -0.4 is 15.4 Å². The standard InChI is InChI=1S/C18H21F3N2O4/c1-10-5-18(9-26-10)6-11(7-18)23-16(25)15(24)22-8-12-13(19)3-2-4-14(12)27-17(20)21/h2-4,10-11,17H,5-9H2,1H3,(H,22,24)(H,23,25). The number of alkyl halides is 2. The lowest BCUT2D eigenvalue weighted by Gasteiger charge is -2.44. The SMILES string of the molecule is CC1CC2(CO1)CC(NC(=O)C(=O)NCc1c(F)cccc1OC(F)F)C2. The highest BCUT2D eigenvalue weighted by molar-refractivity contribution is 6.35. The van der Waals surface area contributed by atoms with Crippen molar-refractivity contribution in [1.29, 1.82) is 0 Å². The van der Waals surface area contributed by atoms with Crippen molar-refractivity contribution in [3.63, 3.8) is 0 Å². The van der Waals surface area contributed by atoms with Crippen LogP contribution in [0.4, 0.5) is 13.2 Å². The normalized spacial score (nSPS) is 26.7. The van der Waals surface area contributed by atoms with Gasteiger partial charge in [-0.1, -0.05) is 6.07 Å². The van der Waals surface area contributed by atoms with Crippen molar-refractivity contribution in [3.05, 3.63) is 29.6 Å². The van der Waals surface area contributed by atoms with Gasteiger partial charge in [0.15, 0.2) is 0 Å². The van der Waals surface area contributed by atoms with E-state index in [-0.39, 0.29) is 28.9 Å². The second-order valence-electron chi connectivity index (χ2n) is 7.18. The summed E-state index contributed by atoms with van der Waals surface area (Å²) in [5.41, 5.74) is -0.165. The molecule has 148 valence electrons. The predicted octanol–water partition coefficient (Wildman–Crippen LogP) is 2.12. The topological polar surface area (TPSA) is 76.7 Å². The van der Waals surface area contributed by atoms with E-state index in [4.69, 9.17) is 4.74 Å². The molecule has 3 rings (SSSR count). The third kappa shape index (κ3) is 4.52. The summed E-state index contributed by atoms with van der Waals surface area (Å²) in [6.45, 7) is -0.908. The first kappa shape index (κ1) is 19.5. The minimum Gasteiger partial charge on any atom is -0.434 e. The molecule has 2 amide bonds. The van der Waals surface area contributed by atoms with Gasteiger partial charge in [-0.3, -0.25) is 9.59 Å². The van der Waals surface area contributed by atoms with Crippen LogP contribution in [0.3, 0.4) is 0 Å². The molecule has 27 heavy (non-hydrogen) atoms. The zero-order valence-electron chi connectivity index (χ0n) is 14.8. The fraction of sp³-hybridized carbons (Fsp3) is 0.556. The molecule has 1 aromatic carbocycles. The summed E-state index contributed by atoms with van der Waals surface area (Å²) in [6, 6.07) is 3.32. The second kappa shape index (κ2) is 7.75. The third-order valence-electron chi connectivity index (χ3n) is 5.01. The smallest absolute Gasteiger partial charge is 0.387 e. The van der Waals surface area contributed by atoms with Gasteiger partial charge in [0.25, 0.3) is 0 Å². The molecule has 1 aliphatic heterocycles.